The number of anilines is 1. The van der Waals surface area contributed by atoms with Crippen molar-refractivity contribution in [2.45, 2.75) is 20.0 Å². The van der Waals surface area contributed by atoms with Crippen molar-refractivity contribution in [1.29, 1.82) is 0 Å². The highest BCUT2D eigenvalue weighted by Crippen LogP contribution is 2.18. The van der Waals surface area contributed by atoms with Gasteiger partial charge in [0, 0.05) is 18.9 Å². The van der Waals surface area contributed by atoms with Gasteiger partial charge in [0.05, 0.1) is 17.9 Å². The van der Waals surface area contributed by atoms with Crippen LogP contribution in [0.5, 0.6) is 0 Å². The molecule has 0 aliphatic rings. The minimum atomic E-state index is 0.491. The second-order valence-corrected chi connectivity index (χ2v) is 3.69. The Kier molecular flexibility index (Phi) is 3.41. The maximum atomic E-state index is 5.94. The molecule has 1 N–H and O–H groups in total. The van der Waals surface area contributed by atoms with E-state index < -0.39 is 0 Å². The largest absolute Gasteiger partial charge is 0.377 e. The molecule has 5 heteroatoms. The molecule has 2 aromatic rings. The summed E-state index contributed by atoms with van der Waals surface area (Å²) in [5, 5.41) is 7.92. The summed E-state index contributed by atoms with van der Waals surface area (Å²) in [7, 11) is 0. The highest BCUT2D eigenvalue weighted by Gasteiger charge is 2.02. The van der Waals surface area contributed by atoms with Crippen LogP contribution >= 0.6 is 11.6 Å². The molecule has 0 aliphatic carbocycles. The Morgan fingerprint density at radius 1 is 1.38 bits per heavy atom. The van der Waals surface area contributed by atoms with Gasteiger partial charge in [-0.2, -0.15) is 5.10 Å². The highest BCUT2D eigenvalue weighted by atomic mass is 35.5. The number of nitrogens with one attached hydrogen (secondary N) is 1. The van der Waals surface area contributed by atoms with E-state index in [9.17, 15) is 0 Å². The zero-order valence-corrected chi connectivity index (χ0v) is 9.78. The molecule has 0 saturated carbocycles. The maximum absolute atomic E-state index is 5.94. The Morgan fingerprint density at radius 3 is 3.00 bits per heavy atom. The summed E-state index contributed by atoms with van der Waals surface area (Å²) in [5.41, 5.74) is 1.97. The van der Waals surface area contributed by atoms with Crippen molar-refractivity contribution in [3.63, 3.8) is 0 Å². The number of hydrogen-bond donors (Lipinski definition) is 1. The molecule has 4 nitrogen and oxygen atoms in total. The molecule has 0 unspecified atom stereocenters. The van der Waals surface area contributed by atoms with Gasteiger partial charge in [-0.1, -0.05) is 11.6 Å². The van der Waals surface area contributed by atoms with Crippen LogP contribution in [-0.4, -0.2) is 14.8 Å². The number of halogens is 1. The number of pyridine rings is 1. The molecule has 16 heavy (non-hydrogen) atoms. The normalized spacial score (nSPS) is 10.4. The van der Waals surface area contributed by atoms with Crippen LogP contribution in [-0.2, 0) is 13.1 Å². The van der Waals surface area contributed by atoms with Gasteiger partial charge in [0.1, 0.15) is 0 Å². The zero-order chi connectivity index (χ0) is 11.4. The Morgan fingerprint density at radius 2 is 2.25 bits per heavy atom. The first kappa shape index (κ1) is 11.0. The maximum Gasteiger partial charge on any atom is 0.152 e. The van der Waals surface area contributed by atoms with Crippen LogP contribution in [0, 0.1) is 0 Å². The molecule has 0 atom stereocenters. The predicted molar refractivity (Wildman–Crippen MR) is 64.5 cm³/mol. The first-order valence-corrected chi connectivity index (χ1v) is 5.54. The van der Waals surface area contributed by atoms with Crippen molar-refractivity contribution in [2.75, 3.05) is 5.32 Å². The highest BCUT2D eigenvalue weighted by molar-refractivity contribution is 6.31. The number of aryl methyl sites for hydroxylation is 1. The summed E-state index contributed by atoms with van der Waals surface area (Å²) in [5.74, 6) is 0. The Bertz CT molecular complexity index is 467. The third-order valence-corrected chi connectivity index (χ3v) is 2.62. The standard InChI is InChI=1S/C11H13ClN4/c1-2-16-9(5-7-15-16)8-14-10-4-3-6-13-11(10)12/h3-7,14H,2,8H2,1H3. The predicted octanol–water partition coefficient (Wildman–Crippen LogP) is 2.56. The topological polar surface area (TPSA) is 42.7 Å². The van der Waals surface area contributed by atoms with E-state index in [2.05, 4.69) is 22.3 Å². The zero-order valence-electron chi connectivity index (χ0n) is 9.02. The minimum absolute atomic E-state index is 0.491. The van der Waals surface area contributed by atoms with Crippen molar-refractivity contribution < 1.29 is 0 Å². The summed E-state index contributed by atoms with van der Waals surface area (Å²) in [6, 6.07) is 5.74. The summed E-state index contributed by atoms with van der Waals surface area (Å²) in [4.78, 5) is 4.00. The van der Waals surface area contributed by atoms with E-state index in [0.29, 0.717) is 11.7 Å². The fourth-order valence-electron chi connectivity index (χ4n) is 1.50. The summed E-state index contributed by atoms with van der Waals surface area (Å²) in [6.45, 7) is 3.62. The Labute approximate surface area is 99.3 Å². The van der Waals surface area contributed by atoms with Crippen molar-refractivity contribution in [1.82, 2.24) is 14.8 Å². The third kappa shape index (κ3) is 2.33. The second kappa shape index (κ2) is 4.99. The van der Waals surface area contributed by atoms with Crippen LogP contribution < -0.4 is 5.32 Å². The van der Waals surface area contributed by atoms with Crippen molar-refractivity contribution in [3.8, 4) is 0 Å². The molecule has 84 valence electrons. The lowest BCUT2D eigenvalue weighted by Gasteiger charge is -2.08. The molecular weight excluding hydrogens is 224 g/mol. The lowest BCUT2D eigenvalue weighted by atomic mass is 10.3. The SMILES string of the molecule is CCn1nccc1CNc1cccnc1Cl. The molecule has 0 radical (unpaired) electrons. The average Bonchev–Trinajstić information content (AvgIpc) is 2.75. The Hall–Kier alpha value is -1.55. The van der Waals surface area contributed by atoms with Gasteiger partial charge < -0.3 is 5.32 Å². The first-order valence-electron chi connectivity index (χ1n) is 5.16. The molecule has 0 aliphatic heterocycles. The van der Waals surface area contributed by atoms with Crippen LogP contribution in [0.4, 0.5) is 5.69 Å². The van der Waals surface area contributed by atoms with E-state index in [1.54, 1.807) is 12.4 Å². The van der Waals surface area contributed by atoms with Crippen LogP contribution in [0.25, 0.3) is 0 Å². The summed E-state index contributed by atoms with van der Waals surface area (Å²) in [6.07, 6.45) is 3.47. The van der Waals surface area contributed by atoms with Crippen molar-refractivity contribution >= 4 is 17.3 Å². The monoisotopic (exact) mass is 236 g/mol. The number of hydrogen-bond acceptors (Lipinski definition) is 3. The molecule has 2 rings (SSSR count). The van der Waals surface area contributed by atoms with Crippen LogP contribution in [0.15, 0.2) is 30.6 Å². The van der Waals surface area contributed by atoms with Gasteiger partial charge in [0.15, 0.2) is 5.15 Å². The van der Waals surface area contributed by atoms with Crippen molar-refractivity contribution in [2.24, 2.45) is 0 Å². The molecule has 0 spiro atoms. The first-order chi connectivity index (χ1) is 7.81. The Balaban J connectivity index is 2.05. The number of aromatic nitrogens is 3. The van der Waals surface area contributed by atoms with E-state index in [1.165, 1.54) is 0 Å². The van der Waals surface area contributed by atoms with Crippen LogP contribution in [0.1, 0.15) is 12.6 Å². The van der Waals surface area contributed by atoms with Crippen molar-refractivity contribution in [3.05, 3.63) is 41.4 Å². The summed E-state index contributed by atoms with van der Waals surface area (Å²) < 4.78 is 1.94. The van der Waals surface area contributed by atoms with Gasteiger partial charge >= 0.3 is 0 Å². The second-order valence-electron chi connectivity index (χ2n) is 3.33. The van der Waals surface area contributed by atoms with E-state index in [-0.39, 0.29) is 0 Å². The van der Waals surface area contributed by atoms with E-state index in [0.717, 1.165) is 17.9 Å². The van der Waals surface area contributed by atoms with Gasteiger partial charge in [-0.05, 0) is 25.1 Å². The van der Waals surface area contributed by atoms with Gasteiger partial charge in [0.2, 0.25) is 0 Å². The van der Waals surface area contributed by atoms with Crippen LogP contribution in [0.2, 0.25) is 5.15 Å². The quantitative estimate of drug-likeness (QED) is 0.830. The lowest BCUT2D eigenvalue weighted by Crippen LogP contribution is -2.08. The smallest absolute Gasteiger partial charge is 0.152 e. The van der Waals surface area contributed by atoms with Gasteiger partial charge in [-0.15, -0.1) is 0 Å². The number of nitrogens with zero attached hydrogens (tertiary/aromatic N) is 3. The molecule has 0 saturated heterocycles. The number of rotatable bonds is 4. The van der Waals surface area contributed by atoms with E-state index in [4.69, 9.17) is 11.6 Å². The summed E-state index contributed by atoms with van der Waals surface area (Å²) >= 11 is 5.94. The average molecular weight is 237 g/mol. The molecule has 0 fully saturated rings. The molecule has 0 amide bonds. The molecular formula is C11H13ClN4. The molecule has 2 aromatic heterocycles. The fraction of sp³-hybridized carbons (Fsp3) is 0.273. The van der Waals surface area contributed by atoms with Gasteiger partial charge in [-0.3, -0.25) is 4.68 Å². The molecule has 0 aromatic carbocycles. The third-order valence-electron chi connectivity index (χ3n) is 2.32. The minimum Gasteiger partial charge on any atom is -0.377 e. The molecule has 0 bridgehead atoms. The van der Waals surface area contributed by atoms with E-state index in [1.807, 2.05) is 22.9 Å². The van der Waals surface area contributed by atoms with Crippen LogP contribution in [0.3, 0.4) is 0 Å². The van der Waals surface area contributed by atoms with E-state index >= 15 is 0 Å². The van der Waals surface area contributed by atoms with Gasteiger partial charge in [0.25, 0.3) is 0 Å². The molecule has 2 heterocycles. The van der Waals surface area contributed by atoms with Gasteiger partial charge in [-0.25, -0.2) is 4.98 Å². The fourth-order valence-corrected chi connectivity index (χ4v) is 1.68. The lowest BCUT2D eigenvalue weighted by molar-refractivity contribution is 0.627.